The van der Waals surface area contributed by atoms with E-state index in [0.717, 1.165) is 25.7 Å². The third-order valence-corrected chi connectivity index (χ3v) is 3.99. The first-order chi connectivity index (χ1) is 8.15. The van der Waals surface area contributed by atoms with E-state index in [4.69, 9.17) is 21.8 Å². The maximum atomic E-state index is 12.3. The molecule has 1 aromatic heterocycles. The van der Waals surface area contributed by atoms with Crippen molar-refractivity contribution in [2.75, 3.05) is 0 Å². The summed E-state index contributed by atoms with van der Waals surface area (Å²) in [4.78, 5) is 14.3. The SMILES string of the molecule is NC1CC2CCC(C1)N2C(=O)c1ccc(Cl)o1. The molecule has 5 heteroatoms. The number of halogens is 1. The molecule has 3 rings (SSSR count). The predicted molar refractivity (Wildman–Crippen MR) is 63.9 cm³/mol. The molecule has 2 N–H and O–H groups in total. The zero-order valence-corrected chi connectivity index (χ0v) is 10.2. The molecule has 0 aromatic carbocycles. The molecule has 0 spiro atoms. The number of nitrogens with zero attached hydrogens (tertiary/aromatic N) is 1. The lowest BCUT2D eigenvalue weighted by Gasteiger charge is -2.37. The number of rotatable bonds is 1. The van der Waals surface area contributed by atoms with Gasteiger partial charge in [-0.1, -0.05) is 0 Å². The van der Waals surface area contributed by atoms with Crippen molar-refractivity contribution in [3.05, 3.63) is 23.1 Å². The van der Waals surface area contributed by atoms with Gasteiger partial charge in [-0.2, -0.15) is 0 Å². The second kappa shape index (κ2) is 4.03. The van der Waals surface area contributed by atoms with Crippen LogP contribution in [0.2, 0.25) is 5.22 Å². The van der Waals surface area contributed by atoms with Crippen LogP contribution in [0.1, 0.15) is 36.2 Å². The van der Waals surface area contributed by atoms with Crippen LogP contribution in [0.5, 0.6) is 0 Å². The van der Waals surface area contributed by atoms with Crippen LogP contribution in [0.15, 0.2) is 16.5 Å². The Hall–Kier alpha value is -1.00. The lowest BCUT2D eigenvalue weighted by molar-refractivity contribution is 0.0543. The van der Waals surface area contributed by atoms with E-state index < -0.39 is 0 Å². The fraction of sp³-hybridized carbons (Fsp3) is 0.583. The van der Waals surface area contributed by atoms with Crippen molar-refractivity contribution in [3.63, 3.8) is 0 Å². The average Bonchev–Trinajstić information content (AvgIpc) is 2.81. The number of carbonyl (C=O) groups is 1. The summed E-state index contributed by atoms with van der Waals surface area (Å²) >= 11 is 5.70. The predicted octanol–water partition coefficient (Wildman–Crippen LogP) is 2.03. The number of hydrogen-bond acceptors (Lipinski definition) is 3. The first-order valence-electron chi connectivity index (χ1n) is 5.98. The smallest absolute Gasteiger partial charge is 0.290 e. The van der Waals surface area contributed by atoms with Gasteiger partial charge in [0.1, 0.15) is 0 Å². The van der Waals surface area contributed by atoms with Crippen LogP contribution >= 0.6 is 11.6 Å². The highest BCUT2D eigenvalue weighted by Gasteiger charge is 2.43. The van der Waals surface area contributed by atoms with E-state index in [1.807, 2.05) is 4.90 Å². The van der Waals surface area contributed by atoms with Gasteiger partial charge in [-0.15, -0.1) is 0 Å². The molecule has 2 aliphatic heterocycles. The van der Waals surface area contributed by atoms with E-state index >= 15 is 0 Å². The molecule has 1 aromatic rings. The van der Waals surface area contributed by atoms with Crippen LogP contribution in [-0.2, 0) is 0 Å². The minimum atomic E-state index is -0.0451. The summed E-state index contributed by atoms with van der Waals surface area (Å²) < 4.78 is 5.19. The van der Waals surface area contributed by atoms with Crippen LogP contribution in [0, 0.1) is 0 Å². The van der Waals surface area contributed by atoms with Gasteiger partial charge >= 0.3 is 0 Å². The highest BCUT2D eigenvalue weighted by Crippen LogP contribution is 2.36. The van der Waals surface area contributed by atoms with Crippen LogP contribution in [0.25, 0.3) is 0 Å². The molecule has 1 amide bonds. The van der Waals surface area contributed by atoms with Gasteiger partial charge < -0.3 is 15.1 Å². The lowest BCUT2D eigenvalue weighted by Crippen LogP contribution is -2.50. The van der Waals surface area contributed by atoms with E-state index in [1.54, 1.807) is 12.1 Å². The fourth-order valence-electron chi connectivity index (χ4n) is 3.11. The van der Waals surface area contributed by atoms with Gasteiger partial charge in [0, 0.05) is 18.1 Å². The molecule has 2 bridgehead atoms. The molecule has 2 aliphatic rings. The molecule has 2 fully saturated rings. The summed E-state index contributed by atoms with van der Waals surface area (Å²) in [5.74, 6) is 0.290. The van der Waals surface area contributed by atoms with Crippen molar-refractivity contribution in [2.24, 2.45) is 5.73 Å². The molecule has 92 valence electrons. The number of nitrogens with two attached hydrogens (primary N) is 1. The molecule has 4 nitrogen and oxygen atoms in total. The molecule has 0 saturated carbocycles. The van der Waals surface area contributed by atoms with E-state index in [9.17, 15) is 4.79 Å². The second-order valence-corrected chi connectivity index (χ2v) is 5.31. The number of hydrogen-bond donors (Lipinski definition) is 1. The highest BCUT2D eigenvalue weighted by molar-refractivity contribution is 6.29. The molecule has 17 heavy (non-hydrogen) atoms. The number of piperidine rings is 1. The van der Waals surface area contributed by atoms with Gasteiger partial charge in [0.25, 0.3) is 5.91 Å². The summed E-state index contributed by atoms with van der Waals surface area (Å²) in [6, 6.07) is 4.03. The van der Waals surface area contributed by atoms with E-state index in [1.165, 1.54) is 0 Å². The van der Waals surface area contributed by atoms with Gasteiger partial charge in [-0.25, -0.2) is 0 Å². The zero-order valence-electron chi connectivity index (χ0n) is 9.43. The zero-order chi connectivity index (χ0) is 12.0. The summed E-state index contributed by atoms with van der Waals surface area (Å²) in [5.41, 5.74) is 5.98. The first kappa shape index (κ1) is 11.1. The van der Waals surface area contributed by atoms with E-state index in [2.05, 4.69) is 0 Å². The van der Waals surface area contributed by atoms with Gasteiger partial charge in [0.2, 0.25) is 0 Å². The van der Waals surface area contributed by atoms with E-state index in [0.29, 0.717) is 5.76 Å². The monoisotopic (exact) mass is 254 g/mol. The second-order valence-electron chi connectivity index (χ2n) is 4.93. The van der Waals surface area contributed by atoms with Gasteiger partial charge in [-0.05, 0) is 49.4 Å². The minimum Gasteiger partial charge on any atom is -0.440 e. The summed E-state index contributed by atoms with van der Waals surface area (Å²) in [5, 5.41) is 0.259. The highest BCUT2D eigenvalue weighted by atomic mass is 35.5. The standard InChI is InChI=1S/C12H15ClN2O2/c13-11-4-3-10(17-11)12(16)15-8-1-2-9(15)6-7(14)5-8/h3-4,7-9H,1-2,5-6,14H2. The fourth-order valence-corrected chi connectivity index (χ4v) is 3.25. The molecular weight excluding hydrogens is 240 g/mol. The number of carbonyl (C=O) groups excluding carboxylic acids is 1. The van der Waals surface area contributed by atoms with E-state index in [-0.39, 0.29) is 29.3 Å². The van der Waals surface area contributed by atoms with Gasteiger partial charge in [0.15, 0.2) is 11.0 Å². The van der Waals surface area contributed by atoms with Crippen molar-refractivity contribution in [2.45, 2.75) is 43.8 Å². The van der Waals surface area contributed by atoms with Crippen LogP contribution in [0.3, 0.4) is 0 Å². The molecule has 2 unspecified atom stereocenters. The van der Waals surface area contributed by atoms with Crippen LogP contribution < -0.4 is 5.73 Å². The van der Waals surface area contributed by atoms with Crippen molar-refractivity contribution < 1.29 is 9.21 Å². The van der Waals surface area contributed by atoms with Crippen LogP contribution in [-0.4, -0.2) is 28.9 Å². The Bertz CT molecular complexity index is 431. The maximum absolute atomic E-state index is 12.3. The minimum absolute atomic E-state index is 0.0451. The largest absolute Gasteiger partial charge is 0.440 e. The molecule has 2 saturated heterocycles. The Balaban J connectivity index is 1.83. The third kappa shape index (κ3) is 1.85. The number of furan rings is 1. The lowest BCUT2D eigenvalue weighted by atomic mass is 9.98. The first-order valence-corrected chi connectivity index (χ1v) is 6.36. The van der Waals surface area contributed by atoms with Crippen molar-refractivity contribution in [1.82, 2.24) is 4.90 Å². The maximum Gasteiger partial charge on any atom is 0.290 e. The quantitative estimate of drug-likeness (QED) is 0.834. The summed E-state index contributed by atoms with van der Waals surface area (Å²) in [6.45, 7) is 0. The molecular formula is C12H15ClN2O2. The van der Waals surface area contributed by atoms with Crippen molar-refractivity contribution in [3.8, 4) is 0 Å². The Morgan fingerprint density at radius 2 is 2.00 bits per heavy atom. The van der Waals surface area contributed by atoms with Crippen LogP contribution in [0.4, 0.5) is 0 Å². The molecule has 3 heterocycles. The number of fused-ring (bicyclic) bond motifs is 2. The van der Waals surface area contributed by atoms with Gasteiger partial charge in [-0.3, -0.25) is 4.79 Å². The normalized spacial score (nSPS) is 31.9. The molecule has 2 atom stereocenters. The molecule has 0 radical (unpaired) electrons. The Morgan fingerprint density at radius 3 is 2.53 bits per heavy atom. The third-order valence-electron chi connectivity index (χ3n) is 3.79. The molecule has 0 aliphatic carbocycles. The average molecular weight is 255 g/mol. The Kier molecular flexibility index (Phi) is 2.64. The topological polar surface area (TPSA) is 59.5 Å². The summed E-state index contributed by atoms with van der Waals surface area (Å²) in [6.07, 6.45) is 3.91. The van der Waals surface area contributed by atoms with Gasteiger partial charge in [0.05, 0.1) is 0 Å². The van der Waals surface area contributed by atoms with Crippen molar-refractivity contribution >= 4 is 17.5 Å². The Morgan fingerprint density at radius 1 is 1.35 bits per heavy atom. The summed E-state index contributed by atoms with van der Waals surface area (Å²) in [7, 11) is 0. The Labute approximate surface area is 105 Å². The van der Waals surface area contributed by atoms with Crippen molar-refractivity contribution in [1.29, 1.82) is 0 Å². The number of amides is 1.